The number of nitrogens with zero attached hydrogens (tertiary/aromatic N) is 2. The molecule has 1 atom stereocenters. The zero-order valence-electron chi connectivity index (χ0n) is 11.2. The standard InChI is InChI=1S/C14H18N2O3/c1-10(13(17)18)12-5-3-11(4-6-12)9-16-8-7-15(2)14(16)19/h3-6,10H,7-9H2,1-2H3,(H,17,18). The molecule has 0 radical (unpaired) electrons. The Kier molecular flexibility index (Phi) is 3.74. The van der Waals surface area contributed by atoms with Gasteiger partial charge in [-0.15, -0.1) is 0 Å². The van der Waals surface area contributed by atoms with E-state index in [0.29, 0.717) is 6.54 Å². The van der Waals surface area contributed by atoms with E-state index in [4.69, 9.17) is 5.11 Å². The minimum atomic E-state index is -0.830. The summed E-state index contributed by atoms with van der Waals surface area (Å²) in [6.45, 7) is 3.73. The van der Waals surface area contributed by atoms with Crippen molar-refractivity contribution in [3.8, 4) is 0 Å². The summed E-state index contributed by atoms with van der Waals surface area (Å²) in [7, 11) is 1.79. The second-order valence-corrected chi connectivity index (χ2v) is 4.93. The van der Waals surface area contributed by atoms with Gasteiger partial charge in [0.2, 0.25) is 0 Å². The van der Waals surface area contributed by atoms with Gasteiger partial charge in [-0.1, -0.05) is 24.3 Å². The first-order chi connectivity index (χ1) is 8.99. The molecule has 1 heterocycles. The molecule has 0 spiro atoms. The molecule has 1 saturated heterocycles. The van der Waals surface area contributed by atoms with E-state index in [9.17, 15) is 9.59 Å². The number of hydrogen-bond acceptors (Lipinski definition) is 2. The summed E-state index contributed by atoms with van der Waals surface area (Å²) < 4.78 is 0. The van der Waals surface area contributed by atoms with Gasteiger partial charge in [0.25, 0.3) is 0 Å². The highest BCUT2D eigenvalue weighted by Gasteiger charge is 2.25. The largest absolute Gasteiger partial charge is 0.481 e. The van der Waals surface area contributed by atoms with Crippen molar-refractivity contribution < 1.29 is 14.7 Å². The van der Waals surface area contributed by atoms with Crippen LogP contribution >= 0.6 is 0 Å². The summed E-state index contributed by atoms with van der Waals surface area (Å²) in [6.07, 6.45) is 0. The predicted molar refractivity (Wildman–Crippen MR) is 70.9 cm³/mol. The Balaban J connectivity index is 2.03. The number of carbonyl (C=O) groups excluding carboxylic acids is 1. The maximum atomic E-state index is 11.7. The number of aliphatic carboxylic acids is 1. The molecule has 19 heavy (non-hydrogen) atoms. The fraction of sp³-hybridized carbons (Fsp3) is 0.429. The molecule has 1 aliphatic rings. The number of carboxylic acids is 1. The number of rotatable bonds is 4. The van der Waals surface area contributed by atoms with Gasteiger partial charge < -0.3 is 14.9 Å². The fourth-order valence-corrected chi connectivity index (χ4v) is 2.12. The van der Waals surface area contributed by atoms with Gasteiger partial charge in [-0.25, -0.2) is 4.79 Å². The zero-order chi connectivity index (χ0) is 14.0. The van der Waals surface area contributed by atoms with Gasteiger partial charge in [0.15, 0.2) is 0 Å². The molecule has 0 bridgehead atoms. The minimum absolute atomic E-state index is 0.0444. The van der Waals surface area contributed by atoms with Gasteiger partial charge in [0, 0.05) is 26.7 Å². The first kappa shape index (κ1) is 13.4. The molecule has 1 aromatic rings. The van der Waals surface area contributed by atoms with Crippen molar-refractivity contribution >= 4 is 12.0 Å². The van der Waals surface area contributed by atoms with E-state index in [2.05, 4.69) is 0 Å². The molecule has 102 valence electrons. The monoisotopic (exact) mass is 262 g/mol. The number of likely N-dealkylation sites (N-methyl/N-ethyl adjacent to an activating group) is 1. The van der Waals surface area contributed by atoms with Gasteiger partial charge in [-0.2, -0.15) is 0 Å². The lowest BCUT2D eigenvalue weighted by molar-refractivity contribution is -0.138. The van der Waals surface area contributed by atoms with Crippen molar-refractivity contribution in [1.29, 1.82) is 0 Å². The molecule has 0 saturated carbocycles. The maximum Gasteiger partial charge on any atom is 0.320 e. The second kappa shape index (κ2) is 5.30. The van der Waals surface area contributed by atoms with Gasteiger partial charge in [-0.05, 0) is 18.1 Å². The van der Waals surface area contributed by atoms with E-state index in [1.807, 2.05) is 24.3 Å². The molecule has 1 aliphatic heterocycles. The van der Waals surface area contributed by atoms with Gasteiger partial charge in [-0.3, -0.25) is 4.79 Å². The second-order valence-electron chi connectivity index (χ2n) is 4.93. The average Bonchev–Trinajstić information content (AvgIpc) is 2.71. The average molecular weight is 262 g/mol. The quantitative estimate of drug-likeness (QED) is 0.899. The summed E-state index contributed by atoms with van der Waals surface area (Å²) in [5.74, 6) is -1.34. The minimum Gasteiger partial charge on any atom is -0.481 e. The van der Waals surface area contributed by atoms with Gasteiger partial charge in [0.1, 0.15) is 0 Å². The van der Waals surface area contributed by atoms with E-state index in [1.54, 1.807) is 23.8 Å². The topological polar surface area (TPSA) is 60.9 Å². The Hall–Kier alpha value is -2.04. The van der Waals surface area contributed by atoms with E-state index in [1.165, 1.54) is 0 Å². The van der Waals surface area contributed by atoms with Crippen molar-refractivity contribution in [1.82, 2.24) is 9.80 Å². The smallest absolute Gasteiger partial charge is 0.320 e. The van der Waals surface area contributed by atoms with Crippen LogP contribution in [-0.4, -0.2) is 47.0 Å². The van der Waals surface area contributed by atoms with Crippen LogP contribution in [0.3, 0.4) is 0 Å². The first-order valence-corrected chi connectivity index (χ1v) is 6.30. The molecular formula is C14H18N2O3. The lowest BCUT2D eigenvalue weighted by Gasteiger charge is -2.16. The first-order valence-electron chi connectivity index (χ1n) is 6.30. The van der Waals surface area contributed by atoms with Crippen LogP contribution in [0.5, 0.6) is 0 Å². The van der Waals surface area contributed by atoms with Crippen molar-refractivity contribution in [2.75, 3.05) is 20.1 Å². The number of carboxylic acid groups (broad SMARTS) is 1. The number of amides is 2. The van der Waals surface area contributed by atoms with Gasteiger partial charge >= 0.3 is 12.0 Å². The van der Waals surface area contributed by atoms with Crippen molar-refractivity contribution in [2.24, 2.45) is 0 Å². The van der Waals surface area contributed by atoms with E-state index in [-0.39, 0.29) is 6.03 Å². The normalized spacial score (nSPS) is 16.8. The lowest BCUT2D eigenvalue weighted by atomic mass is 10.00. The molecular weight excluding hydrogens is 244 g/mol. The number of carbonyl (C=O) groups is 2. The third-order valence-electron chi connectivity index (χ3n) is 3.53. The fourth-order valence-electron chi connectivity index (χ4n) is 2.12. The Morgan fingerprint density at radius 2 is 1.95 bits per heavy atom. The van der Waals surface area contributed by atoms with Crippen LogP contribution in [0.2, 0.25) is 0 Å². The van der Waals surface area contributed by atoms with Crippen LogP contribution in [0.15, 0.2) is 24.3 Å². The molecule has 1 N–H and O–H groups in total. The Morgan fingerprint density at radius 3 is 2.42 bits per heavy atom. The molecule has 0 aliphatic carbocycles. The summed E-state index contributed by atoms with van der Waals surface area (Å²) >= 11 is 0. The van der Waals surface area contributed by atoms with Crippen molar-refractivity contribution in [2.45, 2.75) is 19.4 Å². The molecule has 2 amide bonds. The van der Waals surface area contributed by atoms with Crippen LogP contribution in [0.25, 0.3) is 0 Å². The number of urea groups is 1. The van der Waals surface area contributed by atoms with Crippen molar-refractivity contribution in [3.63, 3.8) is 0 Å². The van der Waals surface area contributed by atoms with Crippen LogP contribution in [0.1, 0.15) is 24.0 Å². The summed E-state index contributed by atoms with van der Waals surface area (Å²) in [5.41, 5.74) is 1.80. The highest BCUT2D eigenvalue weighted by atomic mass is 16.4. The summed E-state index contributed by atoms with van der Waals surface area (Å²) in [5, 5.41) is 8.94. The Bertz CT molecular complexity index is 484. The molecule has 5 nitrogen and oxygen atoms in total. The molecule has 1 aromatic carbocycles. The lowest BCUT2D eigenvalue weighted by Crippen LogP contribution is -2.28. The third-order valence-corrected chi connectivity index (χ3v) is 3.53. The van der Waals surface area contributed by atoms with Crippen LogP contribution in [0.4, 0.5) is 4.79 Å². The van der Waals surface area contributed by atoms with E-state index in [0.717, 1.165) is 24.2 Å². The summed E-state index contributed by atoms with van der Waals surface area (Å²) in [6, 6.07) is 7.46. The molecule has 2 rings (SSSR count). The highest BCUT2D eigenvalue weighted by Crippen LogP contribution is 2.18. The third kappa shape index (κ3) is 2.86. The predicted octanol–water partition coefficient (Wildman–Crippen LogP) is 1.74. The number of hydrogen-bond donors (Lipinski definition) is 1. The van der Waals surface area contributed by atoms with Gasteiger partial charge in [0.05, 0.1) is 5.92 Å². The molecule has 5 heteroatoms. The Labute approximate surface area is 112 Å². The maximum absolute atomic E-state index is 11.7. The zero-order valence-corrected chi connectivity index (χ0v) is 11.2. The molecule has 1 unspecified atom stereocenters. The molecule has 0 aromatic heterocycles. The van der Waals surface area contributed by atoms with Crippen LogP contribution in [0, 0.1) is 0 Å². The number of benzene rings is 1. The van der Waals surface area contributed by atoms with Crippen molar-refractivity contribution in [3.05, 3.63) is 35.4 Å². The van der Waals surface area contributed by atoms with E-state index >= 15 is 0 Å². The van der Waals surface area contributed by atoms with E-state index < -0.39 is 11.9 Å². The molecule has 1 fully saturated rings. The Morgan fingerprint density at radius 1 is 1.32 bits per heavy atom. The van der Waals surface area contributed by atoms with Crippen LogP contribution in [-0.2, 0) is 11.3 Å². The van der Waals surface area contributed by atoms with Crippen LogP contribution < -0.4 is 0 Å². The SMILES string of the molecule is CC(C(=O)O)c1ccc(CN2CCN(C)C2=O)cc1. The summed E-state index contributed by atoms with van der Waals surface area (Å²) in [4.78, 5) is 26.1. The highest BCUT2D eigenvalue weighted by molar-refractivity contribution is 5.76.